The van der Waals surface area contributed by atoms with Gasteiger partial charge in [-0.1, -0.05) is 6.42 Å². The first-order chi connectivity index (χ1) is 8.24. The first-order valence-electron chi connectivity index (χ1n) is 6.02. The lowest BCUT2D eigenvalue weighted by molar-refractivity contribution is -0.118. The van der Waals surface area contributed by atoms with Gasteiger partial charge >= 0.3 is 0 Å². The monoisotopic (exact) mass is 237 g/mol. The second-order valence-corrected chi connectivity index (χ2v) is 4.42. The number of anilines is 1. The summed E-state index contributed by atoms with van der Waals surface area (Å²) in [4.78, 5) is 10.7. The van der Waals surface area contributed by atoms with E-state index in [0.717, 1.165) is 18.8 Å². The van der Waals surface area contributed by atoms with Crippen LogP contribution in [0.15, 0.2) is 12.4 Å². The molecule has 1 aliphatic rings. The van der Waals surface area contributed by atoms with E-state index in [2.05, 4.69) is 15.7 Å². The van der Waals surface area contributed by atoms with E-state index in [1.54, 1.807) is 17.1 Å². The standard InChI is InChI=1S/C11H19N5O/c12-11(17)8-16-7-10(6-15-16)14-5-9-3-1-2-4-13-9/h6-7,9,13-14H,1-5,8H2,(H2,12,17). The van der Waals surface area contributed by atoms with Crippen molar-refractivity contribution in [2.75, 3.05) is 18.4 Å². The van der Waals surface area contributed by atoms with Crippen molar-refractivity contribution in [2.45, 2.75) is 31.8 Å². The topological polar surface area (TPSA) is 85.0 Å². The van der Waals surface area contributed by atoms with Gasteiger partial charge in [-0.25, -0.2) is 0 Å². The number of hydrogen-bond donors (Lipinski definition) is 3. The average Bonchev–Trinajstić information content (AvgIpc) is 2.75. The molecule has 2 heterocycles. The molecule has 6 heteroatoms. The van der Waals surface area contributed by atoms with E-state index in [4.69, 9.17) is 5.73 Å². The van der Waals surface area contributed by atoms with Crippen molar-refractivity contribution in [1.29, 1.82) is 0 Å². The average molecular weight is 237 g/mol. The third-order valence-electron chi connectivity index (χ3n) is 2.92. The minimum absolute atomic E-state index is 0.128. The van der Waals surface area contributed by atoms with Gasteiger partial charge in [0.15, 0.2) is 0 Å². The molecule has 1 aliphatic heterocycles. The van der Waals surface area contributed by atoms with Gasteiger partial charge in [0, 0.05) is 18.8 Å². The van der Waals surface area contributed by atoms with Crippen LogP contribution in [-0.2, 0) is 11.3 Å². The third kappa shape index (κ3) is 3.74. The molecule has 0 aliphatic carbocycles. The smallest absolute Gasteiger partial charge is 0.239 e. The molecule has 1 aromatic rings. The Bertz CT molecular complexity index is 370. The fraction of sp³-hybridized carbons (Fsp3) is 0.636. The SMILES string of the molecule is NC(=O)Cn1cc(NCC2CCCCN2)cn1. The van der Waals surface area contributed by atoms with E-state index in [1.165, 1.54) is 19.3 Å². The van der Waals surface area contributed by atoms with Crippen molar-refractivity contribution in [1.82, 2.24) is 15.1 Å². The van der Waals surface area contributed by atoms with Crippen molar-refractivity contribution in [2.24, 2.45) is 5.73 Å². The molecule has 1 atom stereocenters. The van der Waals surface area contributed by atoms with Crippen molar-refractivity contribution in [3.63, 3.8) is 0 Å². The molecule has 1 saturated heterocycles. The molecule has 0 spiro atoms. The lowest BCUT2D eigenvalue weighted by Crippen LogP contribution is -2.39. The zero-order valence-electron chi connectivity index (χ0n) is 9.85. The highest BCUT2D eigenvalue weighted by molar-refractivity contribution is 5.73. The van der Waals surface area contributed by atoms with Crippen molar-refractivity contribution >= 4 is 11.6 Å². The number of primary amides is 1. The van der Waals surface area contributed by atoms with Gasteiger partial charge in [0.05, 0.1) is 11.9 Å². The van der Waals surface area contributed by atoms with Crippen LogP contribution in [0.2, 0.25) is 0 Å². The molecular weight excluding hydrogens is 218 g/mol. The molecule has 2 rings (SSSR count). The van der Waals surface area contributed by atoms with Crippen molar-refractivity contribution < 1.29 is 4.79 Å². The van der Waals surface area contributed by atoms with Gasteiger partial charge in [0.2, 0.25) is 5.91 Å². The predicted octanol–water partition coefficient (Wildman–Crippen LogP) is -0.0776. The Morgan fingerprint density at radius 2 is 2.53 bits per heavy atom. The number of carbonyl (C=O) groups excluding carboxylic acids is 1. The molecule has 4 N–H and O–H groups in total. The van der Waals surface area contributed by atoms with Crippen LogP contribution in [0.1, 0.15) is 19.3 Å². The maximum absolute atomic E-state index is 10.7. The lowest BCUT2D eigenvalue weighted by Gasteiger charge is -2.23. The van der Waals surface area contributed by atoms with Crippen molar-refractivity contribution in [3.8, 4) is 0 Å². The molecule has 6 nitrogen and oxygen atoms in total. The van der Waals surface area contributed by atoms with E-state index in [0.29, 0.717) is 6.04 Å². The minimum atomic E-state index is -0.381. The van der Waals surface area contributed by atoms with Crippen LogP contribution in [0.25, 0.3) is 0 Å². The number of nitrogens with one attached hydrogen (secondary N) is 2. The molecule has 17 heavy (non-hydrogen) atoms. The molecule has 0 bridgehead atoms. The summed E-state index contributed by atoms with van der Waals surface area (Å²) in [6, 6.07) is 0.531. The first-order valence-corrected chi connectivity index (χ1v) is 6.02. The Kier molecular flexibility index (Phi) is 3.98. The normalized spacial score (nSPS) is 20.1. The van der Waals surface area contributed by atoms with E-state index < -0.39 is 0 Å². The molecule has 1 unspecified atom stereocenters. The van der Waals surface area contributed by atoms with Gasteiger partial charge in [0.25, 0.3) is 0 Å². The molecule has 1 amide bonds. The fourth-order valence-electron chi connectivity index (χ4n) is 2.04. The Morgan fingerprint density at radius 3 is 3.24 bits per heavy atom. The quantitative estimate of drug-likeness (QED) is 0.669. The minimum Gasteiger partial charge on any atom is -0.381 e. The lowest BCUT2D eigenvalue weighted by atomic mass is 10.1. The maximum atomic E-state index is 10.7. The van der Waals surface area contributed by atoms with E-state index >= 15 is 0 Å². The molecule has 1 fully saturated rings. The fourth-order valence-corrected chi connectivity index (χ4v) is 2.04. The summed E-state index contributed by atoms with van der Waals surface area (Å²) < 4.78 is 1.54. The van der Waals surface area contributed by atoms with Gasteiger partial charge in [-0.05, 0) is 19.4 Å². The second kappa shape index (κ2) is 5.67. The summed E-state index contributed by atoms with van der Waals surface area (Å²) in [6.07, 6.45) is 7.29. The zero-order valence-corrected chi connectivity index (χ0v) is 9.85. The van der Waals surface area contributed by atoms with Crippen LogP contribution in [0.3, 0.4) is 0 Å². The highest BCUT2D eigenvalue weighted by atomic mass is 16.1. The molecule has 0 saturated carbocycles. The van der Waals surface area contributed by atoms with Gasteiger partial charge in [0.1, 0.15) is 6.54 Å². The van der Waals surface area contributed by atoms with Gasteiger partial charge in [-0.3, -0.25) is 9.48 Å². The largest absolute Gasteiger partial charge is 0.381 e. The maximum Gasteiger partial charge on any atom is 0.239 e. The zero-order chi connectivity index (χ0) is 12.1. The van der Waals surface area contributed by atoms with Gasteiger partial charge in [-0.15, -0.1) is 0 Å². The van der Waals surface area contributed by atoms with Crippen LogP contribution in [-0.4, -0.2) is 34.8 Å². The summed E-state index contributed by atoms with van der Waals surface area (Å²) in [5.41, 5.74) is 6.02. The number of nitrogens with zero attached hydrogens (tertiary/aromatic N) is 2. The van der Waals surface area contributed by atoms with E-state index in [1.807, 2.05) is 0 Å². The molecule has 1 aromatic heterocycles. The number of carbonyl (C=O) groups is 1. The number of rotatable bonds is 5. The summed E-state index contributed by atoms with van der Waals surface area (Å²) in [7, 11) is 0. The molecule has 0 radical (unpaired) electrons. The predicted molar refractivity (Wildman–Crippen MR) is 65.6 cm³/mol. The Labute approximate surface area is 101 Å². The Hall–Kier alpha value is -1.56. The molecular formula is C11H19N5O. The van der Waals surface area contributed by atoms with Crippen molar-refractivity contribution in [3.05, 3.63) is 12.4 Å². The van der Waals surface area contributed by atoms with Crippen LogP contribution < -0.4 is 16.4 Å². The van der Waals surface area contributed by atoms with Crippen LogP contribution >= 0.6 is 0 Å². The summed E-state index contributed by atoms with van der Waals surface area (Å²) >= 11 is 0. The third-order valence-corrected chi connectivity index (χ3v) is 2.92. The Balaban J connectivity index is 1.78. The van der Waals surface area contributed by atoms with Gasteiger partial charge in [-0.2, -0.15) is 5.10 Å². The number of amides is 1. The van der Waals surface area contributed by atoms with E-state index in [9.17, 15) is 4.79 Å². The molecule has 94 valence electrons. The second-order valence-electron chi connectivity index (χ2n) is 4.42. The Morgan fingerprint density at radius 1 is 1.65 bits per heavy atom. The molecule has 0 aromatic carbocycles. The summed E-state index contributed by atoms with van der Waals surface area (Å²) in [6.45, 7) is 2.12. The van der Waals surface area contributed by atoms with Gasteiger partial charge < -0.3 is 16.4 Å². The number of piperidine rings is 1. The summed E-state index contributed by atoms with van der Waals surface area (Å²) in [5.74, 6) is -0.381. The number of hydrogen-bond acceptors (Lipinski definition) is 4. The van der Waals surface area contributed by atoms with E-state index in [-0.39, 0.29) is 12.5 Å². The van der Waals surface area contributed by atoms with Crippen LogP contribution in [0, 0.1) is 0 Å². The number of nitrogens with two attached hydrogens (primary N) is 1. The van der Waals surface area contributed by atoms with Crippen LogP contribution in [0.5, 0.6) is 0 Å². The highest BCUT2D eigenvalue weighted by Gasteiger charge is 2.12. The van der Waals surface area contributed by atoms with Crippen LogP contribution in [0.4, 0.5) is 5.69 Å². The number of aromatic nitrogens is 2. The summed E-state index contributed by atoms with van der Waals surface area (Å²) in [5, 5.41) is 10.8. The first kappa shape index (κ1) is 11.9. The highest BCUT2D eigenvalue weighted by Crippen LogP contribution is 2.09.